The molecule has 29 heavy (non-hydrogen) atoms. The summed E-state index contributed by atoms with van der Waals surface area (Å²) >= 11 is 8.01. The molecule has 1 N–H and O–H groups in total. The van der Waals surface area contributed by atoms with Gasteiger partial charge in [-0.1, -0.05) is 29.8 Å². The lowest BCUT2D eigenvalue weighted by Crippen LogP contribution is -3.00. The molecule has 1 amide bonds. The zero-order valence-corrected chi connectivity index (χ0v) is 18.2. The van der Waals surface area contributed by atoms with Crippen LogP contribution in [0.3, 0.4) is 0 Å². The van der Waals surface area contributed by atoms with Gasteiger partial charge in [0.1, 0.15) is 5.82 Å². The Morgan fingerprint density at radius 3 is 2.79 bits per heavy atom. The van der Waals surface area contributed by atoms with E-state index in [2.05, 4.69) is 49.8 Å². The van der Waals surface area contributed by atoms with Crippen molar-refractivity contribution in [1.82, 2.24) is 9.27 Å². The molecular weight excluding hydrogens is 427 g/mol. The van der Waals surface area contributed by atoms with E-state index in [1.807, 2.05) is 6.07 Å². The fourth-order valence-electron chi connectivity index (χ4n) is 4.05. The van der Waals surface area contributed by atoms with Crippen molar-refractivity contribution in [3.05, 3.63) is 52.5 Å². The van der Waals surface area contributed by atoms with Crippen LogP contribution < -0.4 is 22.6 Å². The van der Waals surface area contributed by atoms with Crippen molar-refractivity contribution in [2.24, 2.45) is 0 Å². The molecule has 0 bridgehead atoms. The maximum Gasteiger partial charge on any atom is 1.00 e. The Kier molecular flexibility index (Phi) is 5.97. The number of nitrogens with zero attached hydrogens (tertiary/aromatic N) is 3. The number of hydrogen-bond donors (Lipinski definition) is 1. The number of amides is 1. The van der Waals surface area contributed by atoms with Crippen molar-refractivity contribution in [1.29, 1.82) is 0 Å². The Morgan fingerprint density at radius 2 is 1.97 bits per heavy atom. The summed E-state index contributed by atoms with van der Waals surface area (Å²) in [7, 11) is 0. The first-order chi connectivity index (χ1) is 13.7. The smallest absolute Gasteiger partial charge is 1.00 e. The standard InChI is InChI=1S/C21H21ClN4OS.ClH/c22-17-13-18-15(12-20(27)23-18)11-14(17)5-6-25-7-9-26(10-8-25)21-16-3-1-2-4-19(16)28-24-21;/h1-4,11,13H,5-10,12H2,(H,23,27);1H. The number of rotatable bonds is 4. The number of anilines is 2. The van der Waals surface area contributed by atoms with Gasteiger partial charge in [0.25, 0.3) is 0 Å². The largest absolute Gasteiger partial charge is 1.00 e. The van der Waals surface area contributed by atoms with Crippen molar-refractivity contribution in [3.8, 4) is 0 Å². The van der Waals surface area contributed by atoms with Crippen molar-refractivity contribution < 1.29 is 18.6 Å². The van der Waals surface area contributed by atoms with Crippen LogP contribution in [0.4, 0.5) is 11.5 Å². The lowest BCUT2D eigenvalue weighted by Gasteiger charge is -2.35. The molecule has 0 aliphatic carbocycles. The third-order valence-electron chi connectivity index (χ3n) is 5.62. The van der Waals surface area contributed by atoms with Gasteiger partial charge in [0.2, 0.25) is 5.91 Å². The predicted octanol–water partition coefficient (Wildman–Crippen LogP) is 0.925. The maximum atomic E-state index is 11.6. The highest BCUT2D eigenvalue weighted by atomic mass is 35.5. The van der Waals surface area contributed by atoms with Crippen molar-refractivity contribution in [3.63, 3.8) is 0 Å². The number of fused-ring (bicyclic) bond motifs is 2. The van der Waals surface area contributed by atoms with Gasteiger partial charge in [0, 0.05) is 48.8 Å². The Bertz CT molecular complexity index is 1050. The third kappa shape index (κ3) is 4.08. The zero-order chi connectivity index (χ0) is 19.1. The van der Waals surface area contributed by atoms with Gasteiger partial charge in [0.05, 0.1) is 11.1 Å². The molecule has 0 atom stereocenters. The number of benzene rings is 2. The molecular formula is C21H22Cl2N4OS. The van der Waals surface area contributed by atoms with Gasteiger partial charge in [0.15, 0.2) is 0 Å². The summed E-state index contributed by atoms with van der Waals surface area (Å²) < 4.78 is 5.94. The minimum atomic E-state index is 0. The Hall–Kier alpha value is -1.86. The number of nitrogens with one attached hydrogen (secondary N) is 1. The average molecular weight is 449 g/mol. The van der Waals surface area contributed by atoms with Gasteiger partial charge >= 0.3 is 1.43 Å². The Balaban J connectivity index is 0.00000128. The molecule has 2 aromatic carbocycles. The summed E-state index contributed by atoms with van der Waals surface area (Å²) in [4.78, 5) is 16.4. The fraction of sp³-hybridized carbons (Fsp3) is 0.333. The van der Waals surface area contributed by atoms with Gasteiger partial charge < -0.3 is 22.6 Å². The van der Waals surface area contributed by atoms with E-state index in [-0.39, 0.29) is 19.7 Å². The molecule has 2 aliphatic rings. The molecule has 1 saturated heterocycles. The predicted molar refractivity (Wildman–Crippen MR) is 117 cm³/mol. The van der Waals surface area contributed by atoms with Crippen LogP contribution >= 0.6 is 23.1 Å². The topological polar surface area (TPSA) is 48.5 Å². The van der Waals surface area contributed by atoms with Crippen molar-refractivity contribution in [2.45, 2.75) is 12.8 Å². The van der Waals surface area contributed by atoms with E-state index in [0.717, 1.165) is 66.8 Å². The maximum absolute atomic E-state index is 11.6. The molecule has 152 valence electrons. The highest BCUT2D eigenvalue weighted by Crippen LogP contribution is 2.31. The molecule has 5 rings (SSSR count). The average Bonchev–Trinajstić information content (AvgIpc) is 3.29. The van der Waals surface area contributed by atoms with E-state index in [1.54, 1.807) is 11.5 Å². The van der Waals surface area contributed by atoms with Crippen LogP contribution in [0, 0.1) is 0 Å². The summed E-state index contributed by atoms with van der Waals surface area (Å²) in [5, 5.41) is 4.86. The quantitative estimate of drug-likeness (QED) is 0.644. The third-order valence-corrected chi connectivity index (χ3v) is 6.79. The molecule has 2 aliphatic heterocycles. The first-order valence-corrected chi connectivity index (χ1v) is 10.8. The molecule has 3 heterocycles. The van der Waals surface area contributed by atoms with Gasteiger partial charge in [-0.05, 0) is 47.3 Å². The van der Waals surface area contributed by atoms with E-state index < -0.39 is 0 Å². The van der Waals surface area contributed by atoms with E-state index in [0.29, 0.717) is 6.42 Å². The first kappa shape index (κ1) is 20.4. The molecule has 8 heteroatoms. The van der Waals surface area contributed by atoms with Crippen LogP contribution in [0.15, 0.2) is 36.4 Å². The number of piperazine rings is 1. The van der Waals surface area contributed by atoms with E-state index >= 15 is 0 Å². The summed E-state index contributed by atoms with van der Waals surface area (Å²) in [6.45, 7) is 5.00. The highest BCUT2D eigenvalue weighted by Gasteiger charge is 2.22. The minimum Gasteiger partial charge on any atom is -1.00 e. The molecule has 1 fully saturated rings. The van der Waals surface area contributed by atoms with Crippen LogP contribution in [-0.2, 0) is 17.6 Å². The second kappa shape index (κ2) is 8.48. The van der Waals surface area contributed by atoms with Gasteiger partial charge in [-0.25, -0.2) is 0 Å². The Labute approximate surface area is 186 Å². The van der Waals surface area contributed by atoms with E-state index in [4.69, 9.17) is 11.6 Å². The van der Waals surface area contributed by atoms with Crippen LogP contribution in [0.1, 0.15) is 12.6 Å². The van der Waals surface area contributed by atoms with E-state index in [1.165, 1.54) is 10.1 Å². The minimum absolute atomic E-state index is 0. The number of hydrogen-bond acceptors (Lipinski definition) is 5. The number of halogens is 2. The van der Waals surface area contributed by atoms with Crippen LogP contribution in [0.5, 0.6) is 0 Å². The summed E-state index contributed by atoms with van der Waals surface area (Å²) in [6.07, 6.45) is 1.36. The summed E-state index contributed by atoms with van der Waals surface area (Å²) in [5.41, 5.74) is 3.05. The van der Waals surface area contributed by atoms with Gasteiger partial charge in [-0.2, -0.15) is 4.37 Å². The van der Waals surface area contributed by atoms with Crippen LogP contribution in [-0.4, -0.2) is 47.9 Å². The normalized spacial score (nSPS) is 16.6. The number of carbonyl (C=O) groups is 1. The first-order valence-electron chi connectivity index (χ1n) is 9.60. The van der Waals surface area contributed by atoms with Gasteiger partial charge in [-0.3, -0.25) is 9.69 Å². The molecule has 0 saturated carbocycles. The van der Waals surface area contributed by atoms with Crippen molar-refractivity contribution in [2.75, 3.05) is 42.9 Å². The highest BCUT2D eigenvalue weighted by molar-refractivity contribution is 7.13. The fourth-order valence-corrected chi connectivity index (χ4v) is 5.11. The van der Waals surface area contributed by atoms with E-state index in [9.17, 15) is 4.79 Å². The molecule has 0 unspecified atom stereocenters. The molecule has 1 aromatic heterocycles. The zero-order valence-electron chi connectivity index (χ0n) is 16.8. The summed E-state index contributed by atoms with van der Waals surface area (Å²) in [6, 6.07) is 12.4. The molecule has 0 radical (unpaired) electrons. The number of aromatic nitrogens is 1. The van der Waals surface area contributed by atoms with Crippen molar-refractivity contribution >= 4 is 50.6 Å². The lowest BCUT2D eigenvalue weighted by molar-refractivity contribution is -0.115. The monoisotopic (exact) mass is 448 g/mol. The lowest BCUT2D eigenvalue weighted by atomic mass is 10.1. The molecule has 3 aromatic rings. The second-order valence-corrected chi connectivity index (χ2v) is 8.62. The second-order valence-electron chi connectivity index (χ2n) is 7.41. The van der Waals surface area contributed by atoms with Crippen LogP contribution in [0.25, 0.3) is 10.1 Å². The molecule has 0 spiro atoms. The SMILES string of the molecule is O=C1Cc2cc(CCN3CCN(c4nsc5ccccc45)CC3)c(Cl)cc2N1.[Cl-].[H+]. The number of carbonyl (C=O) groups excluding carboxylic acids is 1. The molecule has 5 nitrogen and oxygen atoms in total. The van der Waals surface area contributed by atoms with Crippen LogP contribution in [0.2, 0.25) is 5.02 Å². The summed E-state index contributed by atoms with van der Waals surface area (Å²) in [5.74, 6) is 1.17. The van der Waals surface area contributed by atoms with Gasteiger partial charge in [-0.15, -0.1) is 0 Å². The Morgan fingerprint density at radius 1 is 1.17 bits per heavy atom.